The molecule has 5 N–H and O–H groups in total. The van der Waals surface area contributed by atoms with Gasteiger partial charge in [0.2, 0.25) is 0 Å². The van der Waals surface area contributed by atoms with E-state index in [0.29, 0.717) is 0 Å². The van der Waals surface area contributed by atoms with Gasteiger partial charge in [-0.2, -0.15) is 0 Å². The van der Waals surface area contributed by atoms with Gasteiger partial charge in [0.15, 0.2) is 5.60 Å². The number of hydrogen-bond donors (Lipinski definition) is 5. The van der Waals surface area contributed by atoms with Gasteiger partial charge in [0, 0.05) is 17.1 Å². The quantitative estimate of drug-likeness (QED) is 0.255. The summed E-state index contributed by atoms with van der Waals surface area (Å²) in [6.07, 6.45) is -2.81. The van der Waals surface area contributed by atoms with E-state index in [0.717, 1.165) is 0 Å². The molecule has 0 aromatic carbocycles. The minimum absolute atomic E-state index is 0. The van der Waals surface area contributed by atoms with Crippen molar-refractivity contribution in [1.29, 1.82) is 0 Å². The number of carboxylic acid groups (broad SMARTS) is 3. The van der Waals surface area contributed by atoms with Crippen molar-refractivity contribution in [2.24, 2.45) is 0 Å². The molecule has 0 aromatic rings. The standard InChI is InChI=1S/C6H9O10P.Fe.K.H/c7-3(8)1-6(5(11)12,2-4(9)10)16-17(13,14)15;;;/h1-2H2,(H,7,8)(H,9,10)(H,11,12)(H2,13,14,15);;;. The van der Waals surface area contributed by atoms with Gasteiger partial charge in [-0.15, -0.1) is 0 Å². The second-order valence-electron chi connectivity index (χ2n) is 3.02. The first-order valence-corrected chi connectivity index (χ1v) is 5.45. The number of aliphatic carboxylic acids is 3. The molecule has 0 spiro atoms. The second kappa shape index (κ2) is 9.58. The summed E-state index contributed by atoms with van der Waals surface area (Å²) in [5.74, 6) is -5.64. The van der Waals surface area contributed by atoms with Crippen molar-refractivity contribution < 1.29 is 65.6 Å². The molecule has 13 heteroatoms. The number of rotatable bonds is 7. The minimum atomic E-state index is -5.36. The summed E-state index contributed by atoms with van der Waals surface area (Å²) in [6.45, 7) is 0. The predicted octanol–water partition coefficient (Wildman–Crippen LogP) is -1.78. The fourth-order valence-corrected chi connectivity index (χ4v) is 1.70. The van der Waals surface area contributed by atoms with Gasteiger partial charge in [0.05, 0.1) is 12.8 Å². The van der Waals surface area contributed by atoms with E-state index >= 15 is 0 Å². The van der Waals surface area contributed by atoms with Gasteiger partial charge in [-0.3, -0.25) is 14.1 Å². The summed E-state index contributed by atoms with van der Waals surface area (Å²) < 4.78 is 14.4. The Balaban J connectivity index is -0.00000128. The summed E-state index contributed by atoms with van der Waals surface area (Å²) >= 11 is 0. The third-order valence-electron chi connectivity index (χ3n) is 1.56. The van der Waals surface area contributed by atoms with E-state index < -0.39 is 44.2 Å². The normalized spacial score (nSPS) is 10.8. The maximum atomic E-state index is 10.8. The summed E-state index contributed by atoms with van der Waals surface area (Å²) in [4.78, 5) is 48.5. The average Bonchev–Trinajstić information content (AvgIpc) is 1.96. The van der Waals surface area contributed by atoms with Crippen molar-refractivity contribution in [2.45, 2.75) is 18.4 Å². The third-order valence-corrected chi connectivity index (χ3v) is 2.14. The molecule has 0 aliphatic heterocycles. The second-order valence-corrected chi connectivity index (χ2v) is 4.19. The van der Waals surface area contributed by atoms with E-state index in [1.807, 2.05) is 0 Å². The molecule has 0 saturated carbocycles. The van der Waals surface area contributed by atoms with Crippen LogP contribution < -0.4 is 0 Å². The Hall–Kier alpha value is 0.676. The topological polar surface area (TPSA) is 179 Å². The van der Waals surface area contributed by atoms with Crippen molar-refractivity contribution in [2.75, 3.05) is 0 Å². The molecule has 0 aromatic heterocycles. The molecule has 19 heavy (non-hydrogen) atoms. The molecule has 0 aliphatic rings. The van der Waals surface area contributed by atoms with Crippen LogP contribution >= 0.6 is 7.82 Å². The van der Waals surface area contributed by atoms with Crippen LogP contribution in [0.2, 0.25) is 0 Å². The van der Waals surface area contributed by atoms with Crippen molar-refractivity contribution >= 4 is 77.1 Å². The van der Waals surface area contributed by atoms with Crippen LogP contribution in [-0.4, -0.2) is 100.0 Å². The third kappa shape index (κ3) is 10.1. The number of phosphoric acid groups is 1. The van der Waals surface area contributed by atoms with Crippen LogP contribution in [0.1, 0.15) is 12.8 Å². The number of hydrogen-bond acceptors (Lipinski definition) is 5. The van der Waals surface area contributed by atoms with Crippen molar-refractivity contribution in [3.8, 4) is 0 Å². The molecule has 108 valence electrons. The Morgan fingerprint density at radius 1 is 1.00 bits per heavy atom. The molecule has 0 unspecified atom stereocenters. The Kier molecular flexibility index (Phi) is 12.4. The molecule has 0 amide bonds. The van der Waals surface area contributed by atoms with Gasteiger partial charge in [0.25, 0.3) is 0 Å². The summed E-state index contributed by atoms with van der Waals surface area (Å²) in [6, 6.07) is 0. The molecular weight excluding hydrogens is 358 g/mol. The zero-order valence-corrected chi connectivity index (χ0v) is 10.5. The van der Waals surface area contributed by atoms with E-state index in [4.69, 9.17) is 25.1 Å². The molecule has 0 rings (SSSR count). The number of carboxylic acids is 3. The van der Waals surface area contributed by atoms with Crippen molar-refractivity contribution in [3.05, 3.63) is 0 Å². The molecular formula is C6H10FeKO10P. The van der Waals surface area contributed by atoms with Crippen molar-refractivity contribution in [1.82, 2.24) is 0 Å². The van der Waals surface area contributed by atoms with E-state index in [2.05, 4.69) is 4.52 Å². The van der Waals surface area contributed by atoms with Gasteiger partial charge < -0.3 is 25.1 Å². The molecule has 10 nitrogen and oxygen atoms in total. The molecule has 0 atom stereocenters. The fraction of sp³-hybridized carbons (Fsp3) is 0.500. The molecule has 0 heterocycles. The van der Waals surface area contributed by atoms with Gasteiger partial charge in [0.1, 0.15) is 0 Å². The van der Waals surface area contributed by atoms with Gasteiger partial charge in [-0.1, -0.05) is 0 Å². The van der Waals surface area contributed by atoms with E-state index in [-0.39, 0.29) is 68.5 Å². The monoisotopic (exact) mass is 368 g/mol. The zero-order chi connectivity index (χ0) is 13.9. The molecule has 0 saturated heterocycles. The molecule has 0 bridgehead atoms. The zero-order valence-electron chi connectivity index (χ0n) is 8.49. The Bertz CT molecular complexity index is 375. The predicted molar refractivity (Wildman–Crippen MR) is 55.2 cm³/mol. The van der Waals surface area contributed by atoms with Crippen LogP contribution in [0.3, 0.4) is 0 Å². The summed E-state index contributed by atoms with van der Waals surface area (Å²) in [5.41, 5.74) is -3.02. The first-order chi connectivity index (χ1) is 7.48. The molecule has 0 aliphatic carbocycles. The van der Waals surface area contributed by atoms with Crippen LogP contribution in [0.15, 0.2) is 0 Å². The summed E-state index contributed by atoms with van der Waals surface area (Å²) in [5, 5.41) is 25.5. The van der Waals surface area contributed by atoms with E-state index in [9.17, 15) is 18.9 Å². The first kappa shape index (κ1) is 24.7. The Morgan fingerprint density at radius 3 is 1.47 bits per heavy atom. The fourth-order valence-electron chi connectivity index (χ4n) is 1.03. The molecule has 0 fully saturated rings. The molecule has 0 radical (unpaired) electrons. The van der Waals surface area contributed by atoms with Gasteiger partial charge >= 0.3 is 77.1 Å². The van der Waals surface area contributed by atoms with Crippen LogP contribution in [0, 0.1) is 0 Å². The Morgan fingerprint density at radius 2 is 1.32 bits per heavy atom. The average molecular weight is 368 g/mol. The van der Waals surface area contributed by atoms with Gasteiger partial charge in [-0.25, -0.2) is 9.36 Å². The van der Waals surface area contributed by atoms with Crippen molar-refractivity contribution in [3.63, 3.8) is 0 Å². The van der Waals surface area contributed by atoms with E-state index in [1.165, 1.54) is 0 Å². The summed E-state index contributed by atoms with van der Waals surface area (Å²) in [7, 11) is -5.36. The van der Waals surface area contributed by atoms with Gasteiger partial charge in [-0.05, 0) is 0 Å². The SMILES string of the molecule is O=C(O)CC(CC(=O)O)(OP(=O)(O)O)C(=O)O.[Fe].[KH]. The van der Waals surface area contributed by atoms with Crippen LogP contribution in [0.5, 0.6) is 0 Å². The number of carbonyl (C=O) groups is 3. The number of phosphoric ester groups is 1. The van der Waals surface area contributed by atoms with Crippen LogP contribution in [-0.2, 0) is 40.5 Å². The van der Waals surface area contributed by atoms with E-state index in [1.54, 1.807) is 0 Å². The van der Waals surface area contributed by atoms with Crippen LogP contribution in [0.25, 0.3) is 0 Å². The Labute approximate surface area is 159 Å². The van der Waals surface area contributed by atoms with Crippen LogP contribution in [0.4, 0.5) is 0 Å². The first-order valence-electron chi connectivity index (χ1n) is 3.92. The maximum absolute atomic E-state index is 10.8.